The van der Waals surface area contributed by atoms with Crippen molar-refractivity contribution in [2.75, 3.05) is 20.1 Å². The first-order valence-corrected chi connectivity index (χ1v) is 13.3. The number of rotatable bonds is 8. The Labute approximate surface area is 204 Å². The smallest absolute Gasteiger partial charge is 0.341 e. The Hall–Kier alpha value is -2.43. The second-order valence-electron chi connectivity index (χ2n) is 9.18. The molecular weight excluding hydrogens is 479 g/mol. The average molecular weight is 510 g/mol. The van der Waals surface area contributed by atoms with Crippen LogP contribution in [0.2, 0.25) is 0 Å². The van der Waals surface area contributed by atoms with E-state index in [-0.39, 0.29) is 28.9 Å². The highest BCUT2D eigenvalue weighted by atomic mass is 32.2. The number of halogens is 3. The molecule has 6 nitrogen and oxygen atoms in total. The third kappa shape index (κ3) is 5.87. The van der Waals surface area contributed by atoms with E-state index in [2.05, 4.69) is 5.32 Å². The van der Waals surface area contributed by atoms with Crippen molar-refractivity contribution in [1.82, 2.24) is 14.5 Å². The third-order valence-electron chi connectivity index (χ3n) is 6.71. The van der Waals surface area contributed by atoms with Gasteiger partial charge in [0.25, 0.3) is 0 Å². The number of likely N-dealkylation sites (tertiary alicyclic amines) is 1. The van der Waals surface area contributed by atoms with Gasteiger partial charge >= 0.3 is 6.18 Å². The zero-order valence-corrected chi connectivity index (χ0v) is 20.4. The number of nitrogens with one attached hydrogen (secondary N) is 1. The van der Waals surface area contributed by atoms with Gasteiger partial charge in [-0.1, -0.05) is 36.4 Å². The number of alkyl halides is 3. The second kappa shape index (κ2) is 10.3. The molecule has 2 aromatic rings. The van der Waals surface area contributed by atoms with Crippen LogP contribution in [0.3, 0.4) is 0 Å². The molecule has 1 aliphatic heterocycles. The number of likely N-dealkylation sites (N-methyl/N-ethyl adjacent to an activating group) is 1. The molecule has 35 heavy (non-hydrogen) atoms. The lowest BCUT2D eigenvalue weighted by Crippen LogP contribution is -2.53. The van der Waals surface area contributed by atoms with Crippen LogP contribution in [0, 0.1) is 0 Å². The predicted octanol–water partition coefficient (Wildman–Crippen LogP) is 3.68. The molecule has 0 aromatic heterocycles. The highest BCUT2D eigenvalue weighted by Gasteiger charge is 2.44. The van der Waals surface area contributed by atoms with Crippen molar-refractivity contribution in [3.8, 4) is 0 Å². The van der Waals surface area contributed by atoms with E-state index in [1.165, 1.54) is 10.4 Å². The number of sulfonamides is 1. The molecule has 2 aliphatic rings. The van der Waals surface area contributed by atoms with E-state index in [1.54, 1.807) is 11.9 Å². The van der Waals surface area contributed by atoms with Crippen LogP contribution < -0.4 is 5.32 Å². The molecular formula is C25H30F3N3O3S. The van der Waals surface area contributed by atoms with Crippen LogP contribution in [-0.4, -0.2) is 61.8 Å². The van der Waals surface area contributed by atoms with Gasteiger partial charge in [-0.3, -0.25) is 4.79 Å². The first-order chi connectivity index (χ1) is 16.6. The van der Waals surface area contributed by atoms with Crippen LogP contribution in [0.4, 0.5) is 13.2 Å². The topological polar surface area (TPSA) is 69.7 Å². The molecule has 1 saturated carbocycles. The van der Waals surface area contributed by atoms with Gasteiger partial charge in [0.15, 0.2) is 0 Å². The molecule has 4 rings (SSSR count). The third-order valence-corrected chi connectivity index (χ3v) is 8.71. The van der Waals surface area contributed by atoms with Gasteiger partial charge in [-0.05, 0) is 62.9 Å². The molecule has 0 bridgehead atoms. The summed E-state index contributed by atoms with van der Waals surface area (Å²) < 4.78 is 67.8. The van der Waals surface area contributed by atoms with Crippen molar-refractivity contribution in [2.24, 2.45) is 0 Å². The molecule has 1 aliphatic carbocycles. The summed E-state index contributed by atoms with van der Waals surface area (Å²) in [5, 5.41) is 3.08. The van der Waals surface area contributed by atoms with Crippen molar-refractivity contribution in [3.05, 3.63) is 65.7 Å². The van der Waals surface area contributed by atoms with Crippen LogP contribution in [0.25, 0.3) is 0 Å². The Bertz CT molecular complexity index is 1130. The summed E-state index contributed by atoms with van der Waals surface area (Å²) in [6.45, 7) is 0.801. The summed E-state index contributed by atoms with van der Waals surface area (Å²) in [6, 6.07) is 12.7. The molecule has 0 radical (unpaired) electrons. The number of hydrogen-bond donors (Lipinski definition) is 1. The molecule has 1 N–H and O–H groups in total. The van der Waals surface area contributed by atoms with Crippen LogP contribution in [0.5, 0.6) is 0 Å². The fraction of sp³-hybridized carbons (Fsp3) is 0.480. The van der Waals surface area contributed by atoms with Gasteiger partial charge in [0.1, 0.15) is 0 Å². The molecule has 1 amide bonds. The van der Waals surface area contributed by atoms with Crippen molar-refractivity contribution in [2.45, 2.75) is 61.3 Å². The minimum Gasteiger partial charge on any atom is -0.341 e. The first-order valence-electron chi connectivity index (χ1n) is 11.8. The molecule has 0 spiro atoms. The standard InChI is InChI=1S/C25H30F3N3O3S/c1-29-23(16-18-6-3-2-4-7-18)24(32)30-14-12-21(13-15-30)31(20-10-11-20)35(33,34)22-9-5-8-19(17-22)25(26,27)28/h2-9,17,20-21,23,29H,10-16H2,1H3/t23-/m0/s1. The normalized spacial score (nSPS) is 18.6. The zero-order chi connectivity index (χ0) is 25.2. The number of nitrogens with zero attached hydrogens (tertiary/aromatic N) is 2. The van der Waals surface area contributed by atoms with E-state index >= 15 is 0 Å². The maximum Gasteiger partial charge on any atom is 0.416 e. The fourth-order valence-corrected chi connectivity index (χ4v) is 6.67. The minimum atomic E-state index is -4.62. The quantitative estimate of drug-likeness (QED) is 0.590. The summed E-state index contributed by atoms with van der Waals surface area (Å²) in [6.07, 6.45) is -1.80. The van der Waals surface area contributed by atoms with E-state index in [0.717, 1.165) is 17.7 Å². The van der Waals surface area contributed by atoms with E-state index in [0.29, 0.717) is 51.3 Å². The van der Waals surface area contributed by atoms with Gasteiger partial charge in [-0.2, -0.15) is 17.5 Å². The largest absolute Gasteiger partial charge is 0.416 e. The lowest BCUT2D eigenvalue weighted by atomic mass is 10.0. The van der Waals surface area contributed by atoms with Gasteiger partial charge < -0.3 is 10.2 Å². The maximum absolute atomic E-state index is 13.4. The highest BCUT2D eigenvalue weighted by molar-refractivity contribution is 7.89. The van der Waals surface area contributed by atoms with Crippen LogP contribution >= 0.6 is 0 Å². The zero-order valence-electron chi connectivity index (χ0n) is 19.5. The molecule has 10 heteroatoms. The molecule has 1 atom stereocenters. The Morgan fingerprint density at radius 1 is 1.03 bits per heavy atom. The summed E-state index contributed by atoms with van der Waals surface area (Å²) in [5.74, 6) is -0.0338. The number of benzene rings is 2. The lowest BCUT2D eigenvalue weighted by Gasteiger charge is -2.39. The second-order valence-corrected chi connectivity index (χ2v) is 11.0. The number of amides is 1. The van der Waals surface area contributed by atoms with Gasteiger partial charge in [0, 0.05) is 25.2 Å². The molecule has 2 aromatic carbocycles. The van der Waals surface area contributed by atoms with Crippen LogP contribution in [0.1, 0.15) is 36.8 Å². The summed E-state index contributed by atoms with van der Waals surface area (Å²) in [5.41, 5.74) is 0.0634. The van der Waals surface area contributed by atoms with E-state index < -0.39 is 21.8 Å². The molecule has 0 unspecified atom stereocenters. The Balaban J connectivity index is 1.46. The van der Waals surface area contributed by atoms with Gasteiger partial charge in [0.05, 0.1) is 16.5 Å². The number of carbonyl (C=O) groups excluding carboxylic acids is 1. The first kappa shape index (κ1) is 25.7. The van der Waals surface area contributed by atoms with Gasteiger partial charge in [-0.15, -0.1) is 0 Å². The van der Waals surface area contributed by atoms with Crippen LogP contribution in [-0.2, 0) is 27.4 Å². The Morgan fingerprint density at radius 3 is 2.23 bits per heavy atom. The summed E-state index contributed by atoms with van der Waals surface area (Å²) in [7, 11) is -2.36. The van der Waals surface area contributed by atoms with E-state index in [4.69, 9.17) is 0 Å². The van der Waals surface area contributed by atoms with Crippen molar-refractivity contribution in [1.29, 1.82) is 0 Å². The van der Waals surface area contributed by atoms with E-state index in [9.17, 15) is 26.4 Å². The Kier molecular flexibility index (Phi) is 7.54. The summed E-state index contributed by atoms with van der Waals surface area (Å²) in [4.78, 5) is 14.5. The van der Waals surface area contributed by atoms with Crippen LogP contribution in [0.15, 0.2) is 59.5 Å². The summed E-state index contributed by atoms with van der Waals surface area (Å²) >= 11 is 0. The Morgan fingerprint density at radius 2 is 1.66 bits per heavy atom. The number of piperidine rings is 1. The van der Waals surface area contributed by atoms with Gasteiger partial charge in [-0.25, -0.2) is 8.42 Å². The van der Waals surface area contributed by atoms with Gasteiger partial charge in [0.2, 0.25) is 15.9 Å². The monoisotopic (exact) mass is 509 g/mol. The number of carbonyl (C=O) groups is 1. The fourth-order valence-electron chi connectivity index (χ4n) is 4.70. The molecule has 1 heterocycles. The highest BCUT2D eigenvalue weighted by Crippen LogP contribution is 2.38. The molecule has 190 valence electrons. The van der Waals surface area contributed by atoms with Crippen molar-refractivity contribution in [3.63, 3.8) is 0 Å². The van der Waals surface area contributed by atoms with Crippen molar-refractivity contribution >= 4 is 15.9 Å². The lowest BCUT2D eigenvalue weighted by molar-refractivity contribution is -0.137. The van der Waals surface area contributed by atoms with E-state index in [1.807, 2.05) is 30.3 Å². The van der Waals surface area contributed by atoms with Crippen molar-refractivity contribution < 1.29 is 26.4 Å². The SMILES string of the molecule is CN[C@@H](Cc1ccccc1)C(=O)N1CCC(N(C2CC2)S(=O)(=O)c2cccc(C(F)(F)F)c2)CC1. The average Bonchev–Trinajstić information content (AvgIpc) is 3.68. The predicted molar refractivity (Wildman–Crippen MR) is 126 cm³/mol. The minimum absolute atomic E-state index is 0.0338. The number of hydrogen-bond acceptors (Lipinski definition) is 4. The molecule has 1 saturated heterocycles. The maximum atomic E-state index is 13.4. The molecule has 2 fully saturated rings.